The Morgan fingerprint density at radius 2 is 1.75 bits per heavy atom. The van der Waals surface area contributed by atoms with Crippen molar-refractivity contribution in [3.63, 3.8) is 0 Å². The fourth-order valence-electron chi connectivity index (χ4n) is 2.84. The number of anilines is 1. The number of urea groups is 1. The number of hydrazine groups is 1. The molecule has 2 aromatic carbocycles. The van der Waals surface area contributed by atoms with Gasteiger partial charge in [0, 0.05) is 15.8 Å². The van der Waals surface area contributed by atoms with Gasteiger partial charge in [0.2, 0.25) is 0 Å². The molecule has 0 fully saturated rings. The number of amides is 3. The minimum absolute atomic E-state index is 0.380. The summed E-state index contributed by atoms with van der Waals surface area (Å²) in [7, 11) is 1.53. The first-order valence-corrected chi connectivity index (χ1v) is 9.53. The van der Waals surface area contributed by atoms with E-state index in [-0.39, 0.29) is 5.91 Å². The zero-order chi connectivity index (χ0) is 20.1. The monoisotopic (exact) mass is 395 g/mol. The van der Waals surface area contributed by atoms with Crippen molar-refractivity contribution in [2.24, 2.45) is 0 Å². The van der Waals surface area contributed by atoms with Crippen LogP contribution in [0.15, 0.2) is 53.9 Å². The second-order valence-electron chi connectivity index (χ2n) is 6.18. The Hall–Kier alpha value is -3.32. The van der Waals surface area contributed by atoms with E-state index in [2.05, 4.69) is 16.2 Å². The summed E-state index contributed by atoms with van der Waals surface area (Å²) in [5.41, 5.74) is 8.68. The lowest BCUT2D eigenvalue weighted by Crippen LogP contribution is -2.44. The second kappa shape index (κ2) is 8.58. The minimum atomic E-state index is -0.564. The number of carbonyl (C=O) groups excluding carboxylic acids is 2. The van der Waals surface area contributed by atoms with E-state index in [1.165, 1.54) is 18.4 Å². The lowest BCUT2D eigenvalue weighted by atomic mass is 10.0. The average Bonchev–Trinajstić information content (AvgIpc) is 3.08. The third kappa shape index (κ3) is 4.32. The minimum Gasteiger partial charge on any atom is -0.495 e. The molecule has 0 unspecified atom stereocenters. The fourth-order valence-corrected chi connectivity index (χ4v) is 3.70. The lowest BCUT2D eigenvalue weighted by molar-refractivity contribution is 0.0939. The summed E-state index contributed by atoms with van der Waals surface area (Å²) in [5, 5.41) is 4.46. The molecule has 0 saturated heterocycles. The van der Waals surface area contributed by atoms with Crippen LogP contribution in [-0.2, 0) is 0 Å². The van der Waals surface area contributed by atoms with E-state index in [4.69, 9.17) is 4.74 Å². The molecule has 0 saturated carbocycles. The molecule has 0 aliphatic heterocycles. The van der Waals surface area contributed by atoms with Crippen molar-refractivity contribution < 1.29 is 14.3 Å². The van der Waals surface area contributed by atoms with E-state index in [0.29, 0.717) is 17.0 Å². The Bertz CT molecular complexity index is 999. The van der Waals surface area contributed by atoms with E-state index in [0.717, 1.165) is 21.6 Å². The number of rotatable bonds is 4. The highest BCUT2D eigenvalue weighted by molar-refractivity contribution is 7.10. The molecule has 7 heteroatoms. The smallest absolute Gasteiger partial charge is 0.338 e. The van der Waals surface area contributed by atoms with Crippen LogP contribution in [0, 0.1) is 13.8 Å². The van der Waals surface area contributed by atoms with Gasteiger partial charge in [0.15, 0.2) is 0 Å². The summed E-state index contributed by atoms with van der Waals surface area (Å²) in [5.74, 6) is 0.154. The first-order chi connectivity index (χ1) is 13.5. The van der Waals surface area contributed by atoms with Crippen LogP contribution >= 0.6 is 11.3 Å². The molecule has 6 nitrogen and oxygen atoms in total. The third-order valence-electron chi connectivity index (χ3n) is 4.17. The number of benzene rings is 2. The predicted molar refractivity (Wildman–Crippen MR) is 112 cm³/mol. The quantitative estimate of drug-likeness (QED) is 0.569. The van der Waals surface area contributed by atoms with Gasteiger partial charge in [-0.1, -0.05) is 36.4 Å². The van der Waals surface area contributed by atoms with Crippen LogP contribution in [0.25, 0.3) is 11.1 Å². The number of ether oxygens (including phenoxy) is 1. The van der Waals surface area contributed by atoms with Crippen LogP contribution in [-0.4, -0.2) is 19.0 Å². The van der Waals surface area contributed by atoms with Gasteiger partial charge >= 0.3 is 6.03 Å². The van der Waals surface area contributed by atoms with Crippen LogP contribution in [0.1, 0.15) is 20.8 Å². The maximum atomic E-state index is 12.6. The molecule has 3 rings (SSSR count). The Kier molecular flexibility index (Phi) is 5.96. The molecule has 1 aromatic heterocycles. The van der Waals surface area contributed by atoms with Crippen molar-refractivity contribution in [3.05, 3.63) is 69.9 Å². The molecule has 3 aromatic rings. The first-order valence-electron chi connectivity index (χ1n) is 8.65. The van der Waals surface area contributed by atoms with Crippen molar-refractivity contribution >= 4 is 29.0 Å². The highest BCUT2D eigenvalue weighted by Crippen LogP contribution is 2.32. The van der Waals surface area contributed by atoms with Gasteiger partial charge in [-0.3, -0.25) is 10.2 Å². The zero-order valence-corrected chi connectivity index (χ0v) is 16.6. The number of hydrogen-bond acceptors (Lipinski definition) is 4. The van der Waals surface area contributed by atoms with Gasteiger partial charge in [0.1, 0.15) is 5.75 Å². The topological polar surface area (TPSA) is 79.5 Å². The molecular weight excluding hydrogens is 374 g/mol. The third-order valence-corrected chi connectivity index (χ3v) is 5.09. The average molecular weight is 395 g/mol. The second-order valence-corrected chi connectivity index (χ2v) is 7.27. The molecule has 3 N–H and O–H groups in total. The fraction of sp³-hybridized carbons (Fsp3) is 0.143. The van der Waals surface area contributed by atoms with Gasteiger partial charge in [-0.25, -0.2) is 10.2 Å². The van der Waals surface area contributed by atoms with Crippen LogP contribution in [0.5, 0.6) is 5.75 Å². The lowest BCUT2D eigenvalue weighted by Gasteiger charge is -2.13. The van der Waals surface area contributed by atoms with Crippen molar-refractivity contribution in [1.82, 2.24) is 10.9 Å². The molecule has 1 heterocycles. The number of methoxy groups -OCH3 is 1. The number of carbonyl (C=O) groups is 2. The summed E-state index contributed by atoms with van der Waals surface area (Å²) in [4.78, 5) is 25.8. The number of aryl methyl sites for hydroxylation is 2. The molecule has 28 heavy (non-hydrogen) atoms. The van der Waals surface area contributed by atoms with Gasteiger partial charge in [-0.15, -0.1) is 11.3 Å². The van der Waals surface area contributed by atoms with Gasteiger partial charge in [-0.2, -0.15) is 0 Å². The Balaban J connectivity index is 1.69. The molecule has 3 amide bonds. The van der Waals surface area contributed by atoms with Gasteiger partial charge in [0.05, 0.1) is 18.4 Å². The van der Waals surface area contributed by atoms with Crippen molar-refractivity contribution in [1.29, 1.82) is 0 Å². The number of hydrogen-bond donors (Lipinski definition) is 3. The largest absolute Gasteiger partial charge is 0.495 e. The summed E-state index contributed by atoms with van der Waals surface area (Å²) < 4.78 is 5.24. The summed E-state index contributed by atoms with van der Waals surface area (Å²) >= 11 is 1.49. The summed E-state index contributed by atoms with van der Waals surface area (Å²) in [6, 6.07) is 14.6. The SMILES string of the molecule is COc1ccc(C)cc1NC(=O)NNC(=O)c1csc(C)c1-c1ccccc1. The molecule has 0 spiro atoms. The Labute approximate surface area is 167 Å². The van der Waals surface area contributed by atoms with Crippen LogP contribution in [0.3, 0.4) is 0 Å². The standard InChI is InChI=1S/C21H21N3O3S/c1-13-9-10-18(27-3)17(11-13)22-21(26)24-23-20(25)16-12-28-14(2)19(16)15-7-5-4-6-8-15/h4-12H,1-3H3,(H,23,25)(H2,22,24,26). The Morgan fingerprint density at radius 1 is 1.00 bits per heavy atom. The normalized spacial score (nSPS) is 10.2. The van der Waals surface area contributed by atoms with Crippen LogP contribution < -0.4 is 20.9 Å². The maximum Gasteiger partial charge on any atom is 0.338 e. The van der Waals surface area contributed by atoms with E-state index < -0.39 is 6.03 Å². The van der Waals surface area contributed by atoms with Crippen LogP contribution in [0.2, 0.25) is 0 Å². The van der Waals surface area contributed by atoms with Crippen molar-refractivity contribution in [2.45, 2.75) is 13.8 Å². The predicted octanol–water partition coefficient (Wildman–Crippen LogP) is 4.51. The van der Waals surface area contributed by atoms with Gasteiger partial charge < -0.3 is 10.1 Å². The van der Waals surface area contributed by atoms with E-state index in [1.54, 1.807) is 17.5 Å². The van der Waals surface area contributed by atoms with E-state index in [1.807, 2.05) is 50.2 Å². The zero-order valence-electron chi connectivity index (χ0n) is 15.8. The van der Waals surface area contributed by atoms with Crippen molar-refractivity contribution in [2.75, 3.05) is 12.4 Å². The number of nitrogens with one attached hydrogen (secondary N) is 3. The first kappa shape index (κ1) is 19.4. The maximum absolute atomic E-state index is 12.6. The molecule has 0 aliphatic carbocycles. The summed E-state index contributed by atoms with van der Waals surface area (Å²) in [6.07, 6.45) is 0. The highest BCUT2D eigenvalue weighted by Gasteiger charge is 2.18. The molecule has 0 aliphatic rings. The van der Waals surface area contributed by atoms with E-state index in [9.17, 15) is 9.59 Å². The van der Waals surface area contributed by atoms with Gasteiger partial charge in [-0.05, 0) is 37.1 Å². The molecule has 0 atom stereocenters. The summed E-state index contributed by atoms with van der Waals surface area (Å²) in [6.45, 7) is 3.88. The Morgan fingerprint density at radius 3 is 2.46 bits per heavy atom. The van der Waals surface area contributed by atoms with Crippen LogP contribution in [0.4, 0.5) is 10.5 Å². The highest BCUT2D eigenvalue weighted by atomic mass is 32.1. The molecule has 0 radical (unpaired) electrons. The van der Waals surface area contributed by atoms with Crippen molar-refractivity contribution in [3.8, 4) is 16.9 Å². The molecule has 144 valence electrons. The van der Waals surface area contributed by atoms with Gasteiger partial charge in [0.25, 0.3) is 5.91 Å². The van der Waals surface area contributed by atoms with E-state index >= 15 is 0 Å². The number of thiophene rings is 1. The molecular formula is C21H21N3O3S. The molecule has 0 bridgehead atoms.